The van der Waals surface area contributed by atoms with Crippen LogP contribution in [0.2, 0.25) is 0 Å². The summed E-state index contributed by atoms with van der Waals surface area (Å²) in [6.07, 6.45) is 8.44. The van der Waals surface area contributed by atoms with E-state index in [9.17, 15) is 0 Å². The number of thiophene rings is 1. The van der Waals surface area contributed by atoms with E-state index in [0.717, 1.165) is 34.8 Å². The van der Waals surface area contributed by atoms with Crippen LogP contribution in [-0.4, -0.2) is 0 Å². The van der Waals surface area contributed by atoms with Gasteiger partial charge < -0.3 is 4.90 Å². The zero-order valence-corrected chi connectivity index (χ0v) is 40.6. The molecular formula is C69H53NS. The van der Waals surface area contributed by atoms with Crippen LogP contribution in [0.25, 0.3) is 64.3 Å². The number of fused-ring (bicyclic) bond motifs is 7. The first-order valence-electron chi connectivity index (χ1n) is 25.9. The van der Waals surface area contributed by atoms with E-state index in [1.54, 1.807) is 5.56 Å². The van der Waals surface area contributed by atoms with Gasteiger partial charge in [0.1, 0.15) is 0 Å². The van der Waals surface area contributed by atoms with E-state index < -0.39 is 5.41 Å². The fourth-order valence-corrected chi connectivity index (χ4v) is 16.1. The largest absolute Gasteiger partial charge is 0.310 e. The van der Waals surface area contributed by atoms with Crippen molar-refractivity contribution in [1.29, 1.82) is 0 Å². The second-order valence-corrected chi connectivity index (χ2v) is 22.5. The van der Waals surface area contributed by atoms with Crippen LogP contribution in [0.4, 0.5) is 17.1 Å². The molecule has 0 spiro atoms. The summed E-state index contributed by atoms with van der Waals surface area (Å²) in [5, 5.41) is 5.15. The fourth-order valence-electron chi connectivity index (χ4n) is 14.9. The van der Waals surface area contributed by atoms with E-state index in [-0.39, 0.29) is 0 Å². The lowest BCUT2D eigenvalue weighted by Gasteiger charge is -2.57. The Hall–Kier alpha value is -7.52. The third-order valence-corrected chi connectivity index (χ3v) is 18.6. The van der Waals surface area contributed by atoms with Gasteiger partial charge in [0, 0.05) is 37.2 Å². The molecule has 2 heteroatoms. The number of rotatable bonds is 8. The molecule has 0 radical (unpaired) electrons. The Bertz CT molecular complexity index is 3770. The zero-order chi connectivity index (χ0) is 46.7. The molecule has 4 fully saturated rings. The molecule has 0 atom stereocenters. The molecule has 10 aromatic carbocycles. The van der Waals surface area contributed by atoms with Gasteiger partial charge in [-0.3, -0.25) is 0 Å². The Morgan fingerprint density at radius 2 is 0.930 bits per heavy atom. The van der Waals surface area contributed by atoms with E-state index in [2.05, 4.69) is 235 Å². The highest BCUT2D eigenvalue weighted by atomic mass is 32.1. The molecule has 71 heavy (non-hydrogen) atoms. The molecule has 1 nitrogen and oxygen atoms in total. The van der Waals surface area contributed by atoms with Gasteiger partial charge in [-0.2, -0.15) is 0 Å². The number of nitrogens with zero attached hydrogens (tertiary/aromatic N) is 1. The molecule has 340 valence electrons. The Kier molecular flexibility index (Phi) is 9.30. The molecule has 4 saturated carbocycles. The molecule has 1 aromatic heterocycles. The van der Waals surface area contributed by atoms with Crippen LogP contribution in [0, 0.1) is 17.8 Å². The minimum Gasteiger partial charge on any atom is -0.310 e. The van der Waals surface area contributed by atoms with Crippen molar-refractivity contribution >= 4 is 59.3 Å². The lowest BCUT2D eigenvalue weighted by Crippen LogP contribution is -2.48. The number of benzene rings is 10. The van der Waals surface area contributed by atoms with Crippen molar-refractivity contribution in [3.8, 4) is 33.4 Å². The molecule has 0 N–H and O–H groups in total. The van der Waals surface area contributed by atoms with E-state index in [1.165, 1.54) is 125 Å². The third-order valence-electron chi connectivity index (χ3n) is 17.5. The molecule has 11 aromatic rings. The summed E-state index contributed by atoms with van der Waals surface area (Å²) in [5.41, 5.74) is 17.8. The molecule has 5 aliphatic carbocycles. The molecule has 0 unspecified atom stereocenters. The van der Waals surface area contributed by atoms with Gasteiger partial charge in [0.2, 0.25) is 0 Å². The predicted octanol–water partition coefficient (Wildman–Crippen LogP) is 18.8. The van der Waals surface area contributed by atoms with Gasteiger partial charge >= 0.3 is 0 Å². The van der Waals surface area contributed by atoms with Crippen LogP contribution in [0.15, 0.2) is 231 Å². The van der Waals surface area contributed by atoms with Gasteiger partial charge in [-0.25, -0.2) is 0 Å². The molecule has 0 saturated heterocycles. The number of anilines is 3. The van der Waals surface area contributed by atoms with E-state index in [0.29, 0.717) is 5.41 Å². The minimum atomic E-state index is -0.515. The summed E-state index contributed by atoms with van der Waals surface area (Å²) in [6.45, 7) is 0. The molecule has 0 aliphatic heterocycles. The second kappa shape index (κ2) is 16.0. The Morgan fingerprint density at radius 1 is 0.366 bits per heavy atom. The van der Waals surface area contributed by atoms with Gasteiger partial charge in [0.05, 0.1) is 5.41 Å². The standard InChI is InChI=1S/C69H53NS/c1-4-14-48(15-5-1)57-23-12-16-50-17-13-24-58(67(50)57)49-26-29-54(30-27-49)70(56-32-34-61-60-22-10-11-25-65(60)71-66(61)41-56)55-31-33-59-62-39-53(68-42-45-36-46(43-68)38-47(37-45)44-68)28-35-63(62)69(64(59)40-55,51-18-6-2-7-19-51)52-20-8-3-9-21-52/h1-35,39-41,45-47H,36-38,42-44H2. The highest BCUT2D eigenvalue weighted by Gasteiger charge is 2.53. The van der Waals surface area contributed by atoms with Crippen molar-refractivity contribution in [3.05, 3.63) is 258 Å². The maximum atomic E-state index is 2.68. The van der Waals surface area contributed by atoms with Gasteiger partial charge in [-0.1, -0.05) is 188 Å². The zero-order valence-electron chi connectivity index (χ0n) is 39.8. The number of hydrogen-bond donors (Lipinski definition) is 0. The van der Waals surface area contributed by atoms with Crippen molar-refractivity contribution in [2.75, 3.05) is 4.90 Å². The quantitative estimate of drug-likeness (QED) is 0.147. The summed E-state index contributed by atoms with van der Waals surface area (Å²) in [6, 6.07) is 87.6. The van der Waals surface area contributed by atoms with Crippen molar-refractivity contribution in [2.45, 2.75) is 49.4 Å². The van der Waals surface area contributed by atoms with Crippen LogP contribution in [-0.2, 0) is 10.8 Å². The average Bonchev–Trinajstić information content (AvgIpc) is 3.95. The first kappa shape index (κ1) is 41.3. The molecule has 0 amide bonds. The first-order valence-corrected chi connectivity index (χ1v) is 26.7. The van der Waals surface area contributed by atoms with Crippen LogP contribution in [0.3, 0.4) is 0 Å². The molecule has 4 bridgehead atoms. The molecule has 5 aliphatic rings. The topological polar surface area (TPSA) is 3.24 Å². The first-order chi connectivity index (χ1) is 35.1. The van der Waals surface area contributed by atoms with Crippen molar-refractivity contribution in [3.63, 3.8) is 0 Å². The average molecular weight is 928 g/mol. The van der Waals surface area contributed by atoms with E-state index >= 15 is 0 Å². The summed E-state index contributed by atoms with van der Waals surface area (Å²) >= 11 is 1.88. The SMILES string of the molecule is c1ccc(-c2cccc3cccc(-c4ccc(N(c5ccc6c(c5)C(c5ccccc5)(c5ccccc5)c5ccc(C78CC9CC(CC(C9)C7)C8)cc5-6)c5ccc6c(c5)sc5ccccc56)cc4)c23)cc1. The van der Waals surface area contributed by atoms with Gasteiger partial charge in [-0.15, -0.1) is 11.3 Å². The summed E-state index contributed by atoms with van der Waals surface area (Å²) in [7, 11) is 0. The van der Waals surface area contributed by atoms with E-state index in [4.69, 9.17) is 0 Å². The Labute approximate surface area is 420 Å². The van der Waals surface area contributed by atoms with E-state index in [1.807, 2.05) is 11.3 Å². The minimum absolute atomic E-state index is 0.304. The van der Waals surface area contributed by atoms with Crippen LogP contribution in [0.1, 0.15) is 66.3 Å². The molecule has 16 rings (SSSR count). The summed E-state index contributed by atoms with van der Waals surface area (Å²) in [5.74, 6) is 2.67. The summed E-state index contributed by atoms with van der Waals surface area (Å²) in [4.78, 5) is 2.51. The van der Waals surface area contributed by atoms with Gasteiger partial charge in [0.15, 0.2) is 0 Å². The van der Waals surface area contributed by atoms with Crippen LogP contribution >= 0.6 is 11.3 Å². The fraction of sp³-hybridized carbons (Fsp3) is 0.159. The van der Waals surface area contributed by atoms with Crippen molar-refractivity contribution < 1.29 is 0 Å². The maximum Gasteiger partial charge on any atom is 0.0714 e. The lowest BCUT2D eigenvalue weighted by molar-refractivity contribution is -0.00517. The van der Waals surface area contributed by atoms with Crippen LogP contribution < -0.4 is 4.90 Å². The third kappa shape index (κ3) is 6.37. The number of hydrogen-bond acceptors (Lipinski definition) is 2. The lowest BCUT2D eigenvalue weighted by atomic mass is 9.48. The maximum absolute atomic E-state index is 2.68. The van der Waals surface area contributed by atoms with Gasteiger partial charge in [0.25, 0.3) is 0 Å². The molecule has 1 heterocycles. The normalized spacial score (nSPS) is 20.4. The predicted molar refractivity (Wildman–Crippen MR) is 300 cm³/mol. The monoisotopic (exact) mass is 927 g/mol. The summed E-state index contributed by atoms with van der Waals surface area (Å²) < 4.78 is 2.61. The van der Waals surface area contributed by atoms with Crippen LogP contribution in [0.5, 0.6) is 0 Å². The highest BCUT2D eigenvalue weighted by molar-refractivity contribution is 7.25. The Morgan fingerprint density at radius 3 is 1.61 bits per heavy atom. The Balaban J connectivity index is 0.936. The highest BCUT2D eigenvalue weighted by Crippen LogP contribution is 2.63. The second-order valence-electron chi connectivity index (χ2n) is 21.4. The molecular weight excluding hydrogens is 875 g/mol. The smallest absolute Gasteiger partial charge is 0.0714 e. The van der Waals surface area contributed by atoms with Crippen molar-refractivity contribution in [2.24, 2.45) is 17.8 Å². The van der Waals surface area contributed by atoms with Crippen molar-refractivity contribution in [1.82, 2.24) is 0 Å². The van der Waals surface area contributed by atoms with Gasteiger partial charge in [-0.05, 0) is 176 Å².